The Morgan fingerprint density at radius 2 is 1.70 bits per heavy atom. The van der Waals surface area contributed by atoms with Crippen molar-refractivity contribution in [3.63, 3.8) is 0 Å². The second-order valence-corrected chi connectivity index (χ2v) is 6.08. The molecule has 0 unspecified atom stereocenters. The summed E-state index contributed by atoms with van der Waals surface area (Å²) < 4.78 is 10.7. The number of benzene rings is 2. The van der Waals surface area contributed by atoms with E-state index in [1.54, 1.807) is 20.4 Å². The average Bonchev–Trinajstić information content (AvgIpc) is 3.17. The summed E-state index contributed by atoms with van der Waals surface area (Å²) >= 11 is 0. The Bertz CT molecular complexity index is 1080. The number of rotatable bonds is 5. The fraction of sp³-hybridized carbons (Fsp3) is 0.143. The molecule has 0 bridgehead atoms. The van der Waals surface area contributed by atoms with Crippen LogP contribution >= 0.6 is 0 Å². The van der Waals surface area contributed by atoms with Crippen LogP contribution in [0.25, 0.3) is 22.4 Å². The minimum Gasteiger partial charge on any atom is -0.493 e. The van der Waals surface area contributed by atoms with E-state index in [2.05, 4.69) is 9.97 Å². The van der Waals surface area contributed by atoms with Gasteiger partial charge in [-0.05, 0) is 36.4 Å². The minimum absolute atomic E-state index is 0.662. The highest BCUT2D eigenvalue weighted by Crippen LogP contribution is 2.33. The zero-order valence-corrected chi connectivity index (χ0v) is 15.4. The molecular formula is C21H20N4O2. The number of nitrogens with one attached hydrogen (secondary N) is 1. The molecule has 0 atom stereocenters. The monoisotopic (exact) mass is 360 g/mol. The van der Waals surface area contributed by atoms with E-state index < -0.39 is 0 Å². The fourth-order valence-corrected chi connectivity index (χ4v) is 3.06. The second-order valence-electron chi connectivity index (χ2n) is 6.08. The van der Waals surface area contributed by atoms with Gasteiger partial charge in [0.2, 0.25) is 0 Å². The highest BCUT2D eigenvalue weighted by atomic mass is 16.5. The number of methoxy groups -OCH3 is 2. The van der Waals surface area contributed by atoms with Crippen LogP contribution in [0.5, 0.6) is 11.5 Å². The molecule has 1 N–H and O–H groups in total. The van der Waals surface area contributed by atoms with E-state index >= 15 is 0 Å². The number of anilines is 2. The number of pyridine rings is 1. The molecule has 2 heterocycles. The lowest BCUT2D eigenvalue weighted by Crippen LogP contribution is -2.11. The number of hydrogen-bond acceptors (Lipinski definition) is 5. The van der Waals surface area contributed by atoms with Gasteiger partial charge < -0.3 is 19.4 Å². The molecule has 6 nitrogen and oxygen atoms in total. The van der Waals surface area contributed by atoms with Crippen LogP contribution in [0.3, 0.4) is 0 Å². The number of aromatic nitrogens is 3. The largest absolute Gasteiger partial charge is 0.493 e. The Balaban J connectivity index is 1.80. The van der Waals surface area contributed by atoms with Crippen molar-refractivity contribution in [1.82, 2.24) is 15.0 Å². The zero-order valence-electron chi connectivity index (χ0n) is 15.4. The van der Waals surface area contributed by atoms with E-state index in [-0.39, 0.29) is 0 Å². The second kappa shape index (κ2) is 6.99. The maximum Gasteiger partial charge on any atom is 0.161 e. The molecule has 136 valence electrons. The maximum absolute atomic E-state index is 5.40. The quantitative estimate of drug-likeness (QED) is 0.571. The number of aromatic amines is 1. The average molecular weight is 360 g/mol. The topological polar surface area (TPSA) is 63.3 Å². The van der Waals surface area contributed by atoms with Crippen molar-refractivity contribution in [3.8, 4) is 22.9 Å². The van der Waals surface area contributed by atoms with Gasteiger partial charge in [0.25, 0.3) is 0 Å². The van der Waals surface area contributed by atoms with Crippen LogP contribution in [0.15, 0.2) is 60.8 Å². The third-order valence-corrected chi connectivity index (χ3v) is 4.50. The predicted molar refractivity (Wildman–Crippen MR) is 107 cm³/mol. The standard InChI is InChI=1S/C21H20N4O2/c1-25(15-7-5-4-6-8-15)21-19-16(11-12-22-21)23-20(24-19)14-9-10-17(26-2)18(13-14)27-3/h4-13H,1-3H3,(H,23,24). The zero-order chi connectivity index (χ0) is 18.8. The molecule has 0 saturated carbocycles. The van der Waals surface area contributed by atoms with Crippen LogP contribution in [0.4, 0.5) is 11.5 Å². The third-order valence-electron chi connectivity index (χ3n) is 4.50. The van der Waals surface area contributed by atoms with Crippen LogP contribution < -0.4 is 14.4 Å². The van der Waals surface area contributed by atoms with Crippen LogP contribution in [-0.4, -0.2) is 36.2 Å². The first kappa shape index (κ1) is 16.9. The Kier molecular flexibility index (Phi) is 4.38. The summed E-state index contributed by atoms with van der Waals surface area (Å²) in [6.07, 6.45) is 1.79. The maximum atomic E-state index is 5.40. The van der Waals surface area contributed by atoms with Crippen LogP contribution in [0.2, 0.25) is 0 Å². The summed E-state index contributed by atoms with van der Waals surface area (Å²) in [6.45, 7) is 0. The number of ether oxygens (including phenoxy) is 2. The molecule has 0 radical (unpaired) electrons. The van der Waals surface area contributed by atoms with E-state index in [1.165, 1.54) is 0 Å². The van der Waals surface area contributed by atoms with Gasteiger partial charge in [-0.25, -0.2) is 9.97 Å². The van der Waals surface area contributed by atoms with Gasteiger partial charge in [-0.3, -0.25) is 0 Å². The van der Waals surface area contributed by atoms with Gasteiger partial charge >= 0.3 is 0 Å². The first-order valence-electron chi connectivity index (χ1n) is 8.57. The molecule has 0 aliphatic rings. The van der Waals surface area contributed by atoms with Gasteiger partial charge in [0.05, 0.1) is 19.7 Å². The van der Waals surface area contributed by atoms with Crippen molar-refractivity contribution < 1.29 is 9.47 Å². The molecule has 4 rings (SSSR count). The SMILES string of the molecule is COc1ccc(-c2nc3c(N(C)c4ccccc4)nccc3[nH]2)cc1OC. The predicted octanol–water partition coefficient (Wildman–Crippen LogP) is 4.41. The van der Waals surface area contributed by atoms with Crippen LogP contribution in [0.1, 0.15) is 0 Å². The molecule has 27 heavy (non-hydrogen) atoms. The van der Waals surface area contributed by atoms with Crippen molar-refractivity contribution in [2.75, 3.05) is 26.2 Å². The normalized spacial score (nSPS) is 10.8. The summed E-state index contributed by atoms with van der Waals surface area (Å²) in [7, 11) is 5.23. The minimum atomic E-state index is 0.662. The molecule has 0 saturated heterocycles. The molecule has 2 aromatic heterocycles. The number of nitrogens with zero attached hydrogens (tertiary/aromatic N) is 3. The van der Waals surface area contributed by atoms with E-state index in [1.807, 2.05) is 66.5 Å². The summed E-state index contributed by atoms with van der Waals surface area (Å²) in [5, 5.41) is 0. The first-order chi connectivity index (χ1) is 13.2. The van der Waals surface area contributed by atoms with Crippen molar-refractivity contribution in [2.45, 2.75) is 0 Å². The third kappa shape index (κ3) is 3.06. The molecule has 2 aromatic carbocycles. The Morgan fingerprint density at radius 3 is 2.44 bits per heavy atom. The molecular weight excluding hydrogens is 340 g/mol. The van der Waals surface area contributed by atoms with E-state index in [0.717, 1.165) is 33.9 Å². The molecule has 4 aromatic rings. The van der Waals surface area contributed by atoms with Gasteiger partial charge in [-0.15, -0.1) is 0 Å². The lowest BCUT2D eigenvalue weighted by Gasteiger charge is -2.18. The smallest absolute Gasteiger partial charge is 0.161 e. The first-order valence-corrected chi connectivity index (χ1v) is 8.57. The van der Waals surface area contributed by atoms with Crippen molar-refractivity contribution in [1.29, 1.82) is 0 Å². The summed E-state index contributed by atoms with van der Waals surface area (Å²) in [5.74, 6) is 2.89. The van der Waals surface area contributed by atoms with Crippen molar-refractivity contribution in [3.05, 3.63) is 60.8 Å². The summed E-state index contributed by atoms with van der Waals surface area (Å²) in [5.41, 5.74) is 3.70. The van der Waals surface area contributed by atoms with Gasteiger partial charge in [-0.2, -0.15) is 0 Å². The molecule has 0 aliphatic heterocycles. The summed E-state index contributed by atoms with van der Waals surface area (Å²) in [6, 6.07) is 17.8. The van der Waals surface area contributed by atoms with Crippen molar-refractivity contribution >= 4 is 22.5 Å². The highest BCUT2D eigenvalue weighted by molar-refractivity contribution is 5.90. The van der Waals surface area contributed by atoms with Gasteiger partial charge in [0.1, 0.15) is 11.3 Å². The van der Waals surface area contributed by atoms with E-state index in [9.17, 15) is 0 Å². The molecule has 6 heteroatoms. The number of fused-ring (bicyclic) bond motifs is 1. The van der Waals surface area contributed by atoms with Gasteiger partial charge in [0, 0.05) is 24.5 Å². The number of H-pyrrole nitrogens is 1. The van der Waals surface area contributed by atoms with Gasteiger partial charge in [-0.1, -0.05) is 18.2 Å². The molecule has 0 spiro atoms. The Hall–Kier alpha value is -3.54. The number of imidazole rings is 1. The Labute approximate surface area is 157 Å². The van der Waals surface area contributed by atoms with Crippen LogP contribution in [-0.2, 0) is 0 Å². The van der Waals surface area contributed by atoms with Crippen LogP contribution in [0, 0.1) is 0 Å². The Morgan fingerprint density at radius 1 is 0.926 bits per heavy atom. The fourth-order valence-electron chi connectivity index (χ4n) is 3.06. The molecule has 0 amide bonds. The molecule has 0 aliphatic carbocycles. The highest BCUT2D eigenvalue weighted by Gasteiger charge is 2.15. The number of para-hydroxylation sites is 1. The van der Waals surface area contributed by atoms with Crippen molar-refractivity contribution in [2.24, 2.45) is 0 Å². The van der Waals surface area contributed by atoms with E-state index in [4.69, 9.17) is 14.5 Å². The number of hydrogen-bond donors (Lipinski definition) is 1. The molecule has 0 fully saturated rings. The van der Waals surface area contributed by atoms with Gasteiger partial charge in [0.15, 0.2) is 17.3 Å². The lowest BCUT2D eigenvalue weighted by molar-refractivity contribution is 0.355. The summed E-state index contributed by atoms with van der Waals surface area (Å²) in [4.78, 5) is 14.8. The lowest BCUT2D eigenvalue weighted by atomic mass is 10.2. The van der Waals surface area contributed by atoms with E-state index in [0.29, 0.717) is 11.5 Å².